The third-order valence-electron chi connectivity index (χ3n) is 2.80. The van der Waals surface area contributed by atoms with Crippen LogP contribution in [0.1, 0.15) is 28.8 Å². The van der Waals surface area contributed by atoms with Gasteiger partial charge in [0.1, 0.15) is 5.82 Å². The van der Waals surface area contributed by atoms with E-state index in [1.54, 1.807) is 37.5 Å². The third kappa shape index (κ3) is 2.64. The minimum Gasteiger partial charge on any atom is -0.293 e. The number of hydrogen-bond donors (Lipinski definition) is 0. The smallest absolute Gasteiger partial charge is 0.172 e. The Hall–Kier alpha value is -1.55. The first-order valence-electron chi connectivity index (χ1n) is 5.49. The number of ketones is 1. The summed E-state index contributed by atoms with van der Waals surface area (Å²) in [5, 5.41) is 0. The molecule has 0 aliphatic rings. The number of benzene rings is 1. The van der Waals surface area contributed by atoms with Gasteiger partial charge < -0.3 is 0 Å². The maximum atomic E-state index is 13.7. The van der Waals surface area contributed by atoms with E-state index in [0.717, 1.165) is 5.56 Å². The molecule has 0 spiro atoms. The molecule has 1 aromatic carbocycles. The van der Waals surface area contributed by atoms with Crippen LogP contribution in [0.25, 0.3) is 0 Å². The van der Waals surface area contributed by atoms with Crippen LogP contribution >= 0.6 is 15.9 Å². The first-order chi connectivity index (χ1) is 8.59. The van der Waals surface area contributed by atoms with Crippen molar-refractivity contribution in [2.75, 3.05) is 0 Å². The molecule has 2 rings (SSSR count). The van der Waals surface area contributed by atoms with Crippen molar-refractivity contribution >= 4 is 21.7 Å². The number of nitrogens with zero attached hydrogens (tertiary/aromatic N) is 1. The molecule has 0 bridgehead atoms. The molecule has 0 aliphatic carbocycles. The summed E-state index contributed by atoms with van der Waals surface area (Å²) in [6, 6.07) is 7.99. The number of carbonyl (C=O) groups excluding carboxylic acids is 1. The van der Waals surface area contributed by atoms with Gasteiger partial charge in [-0.25, -0.2) is 4.39 Å². The highest BCUT2D eigenvalue weighted by Gasteiger charge is 2.20. The zero-order chi connectivity index (χ0) is 13.1. The molecule has 4 heteroatoms. The summed E-state index contributed by atoms with van der Waals surface area (Å²) in [7, 11) is 0. The molecule has 0 saturated heterocycles. The Morgan fingerprint density at radius 3 is 2.56 bits per heavy atom. The van der Waals surface area contributed by atoms with Crippen LogP contribution < -0.4 is 0 Å². The lowest BCUT2D eigenvalue weighted by molar-refractivity contribution is 0.0962. The largest absolute Gasteiger partial charge is 0.293 e. The Bertz CT molecular complexity index is 571. The predicted molar refractivity (Wildman–Crippen MR) is 71.1 cm³/mol. The second-order valence-corrected chi connectivity index (χ2v) is 4.91. The highest BCUT2D eigenvalue weighted by molar-refractivity contribution is 9.10. The molecule has 92 valence electrons. The molecular formula is C14H11BrFNO. The first-order valence-corrected chi connectivity index (χ1v) is 6.28. The van der Waals surface area contributed by atoms with Crippen LogP contribution in [-0.4, -0.2) is 10.8 Å². The van der Waals surface area contributed by atoms with Gasteiger partial charge >= 0.3 is 0 Å². The summed E-state index contributed by atoms with van der Waals surface area (Å²) in [5.41, 5.74) is 0.944. The maximum Gasteiger partial charge on any atom is 0.172 e. The Morgan fingerprint density at radius 1 is 1.28 bits per heavy atom. The minimum atomic E-state index is -0.504. The van der Waals surface area contributed by atoms with Gasteiger partial charge in [0.05, 0.1) is 5.56 Å². The van der Waals surface area contributed by atoms with E-state index in [-0.39, 0.29) is 17.3 Å². The lowest BCUT2D eigenvalue weighted by Crippen LogP contribution is -2.11. The fourth-order valence-electron chi connectivity index (χ4n) is 1.73. The second-order valence-electron chi connectivity index (χ2n) is 3.99. The van der Waals surface area contributed by atoms with Gasteiger partial charge in [0.2, 0.25) is 0 Å². The Morgan fingerprint density at radius 2 is 1.94 bits per heavy atom. The minimum absolute atomic E-state index is 0.113. The monoisotopic (exact) mass is 307 g/mol. The van der Waals surface area contributed by atoms with E-state index in [4.69, 9.17) is 0 Å². The van der Waals surface area contributed by atoms with Gasteiger partial charge in [-0.15, -0.1) is 0 Å². The Balaban J connectivity index is 2.32. The van der Waals surface area contributed by atoms with Crippen LogP contribution in [0.3, 0.4) is 0 Å². The second kappa shape index (κ2) is 5.40. The molecule has 0 aliphatic heterocycles. The zero-order valence-corrected chi connectivity index (χ0v) is 11.3. The summed E-state index contributed by atoms with van der Waals surface area (Å²) < 4.78 is 14.3. The van der Waals surface area contributed by atoms with E-state index in [9.17, 15) is 9.18 Å². The van der Waals surface area contributed by atoms with Gasteiger partial charge in [0.15, 0.2) is 5.78 Å². The zero-order valence-electron chi connectivity index (χ0n) is 9.73. The summed E-state index contributed by atoms with van der Waals surface area (Å²) >= 11 is 3.17. The Kier molecular flexibility index (Phi) is 3.87. The van der Waals surface area contributed by atoms with Crippen molar-refractivity contribution in [2.45, 2.75) is 12.8 Å². The lowest BCUT2D eigenvalue weighted by atomic mass is 9.93. The number of aromatic nitrogens is 1. The molecule has 0 radical (unpaired) electrons. The first kappa shape index (κ1) is 12.9. The molecule has 1 unspecified atom stereocenters. The standard InChI is InChI=1S/C14H11BrFNO/c1-9(10-4-6-17-7-5-10)14(18)12-3-2-11(15)8-13(12)16/h2-9H,1H3. The van der Waals surface area contributed by atoms with Crippen molar-refractivity contribution < 1.29 is 9.18 Å². The van der Waals surface area contributed by atoms with Crippen molar-refractivity contribution in [2.24, 2.45) is 0 Å². The molecule has 1 heterocycles. The van der Waals surface area contributed by atoms with E-state index >= 15 is 0 Å². The molecule has 2 nitrogen and oxygen atoms in total. The average molecular weight is 308 g/mol. The van der Waals surface area contributed by atoms with Crippen LogP contribution in [0.4, 0.5) is 4.39 Å². The molecule has 18 heavy (non-hydrogen) atoms. The average Bonchev–Trinajstić information content (AvgIpc) is 2.38. The molecule has 0 fully saturated rings. The molecule has 2 aromatic rings. The van der Waals surface area contributed by atoms with Crippen LogP contribution in [0, 0.1) is 5.82 Å². The Labute approximate surface area is 113 Å². The van der Waals surface area contributed by atoms with Crippen molar-refractivity contribution in [1.82, 2.24) is 4.98 Å². The van der Waals surface area contributed by atoms with Gasteiger partial charge in [-0.3, -0.25) is 9.78 Å². The normalized spacial score (nSPS) is 12.2. The SMILES string of the molecule is CC(C(=O)c1ccc(Br)cc1F)c1ccncc1. The molecule has 0 amide bonds. The molecular weight excluding hydrogens is 297 g/mol. The summed E-state index contributed by atoms with van der Waals surface area (Å²) in [6.07, 6.45) is 3.24. The van der Waals surface area contributed by atoms with Crippen LogP contribution in [0.2, 0.25) is 0 Å². The van der Waals surface area contributed by atoms with Crippen molar-refractivity contribution in [3.63, 3.8) is 0 Å². The summed E-state index contributed by atoms with van der Waals surface area (Å²) in [4.78, 5) is 16.1. The number of hydrogen-bond acceptors (Lipinski definition) is 2. The van der Waals surface area contributed by atoms with E-state index < -0.39 is 5.82 Å². The topological polar surface area (TPSA) is 30.0 Å². The fourth-order valence-corrected chi connectivity index (χ4v) is 2.06. The quantitative estimate of drug-likeness (QED) is 0.803. The third-order valence-corrected chi connectivity index (χ3v) is 3.29. The van der Waals surface area contributed by atoms with Crippen molar-refractivity contribution in [3.8, 4) is 0 Å². The molecule has 1 aromatic heterocycles. The highest BCUT2D eigenvalue weighted by Crippen LogP contribution is 2.23. The van der Waals surface area contributed by atoms with E-state index in [1.165, 1.54) is 12.1 Å². The van der Waals surface area contributed by atoms with Crippen LogP contribution in [0.15, 0.2) is 47.2 Å². The van der Waals surface area contributed by atoms with Crippen LogP contribution in [0.5, 0.6) is 0 Å². The van der Waals surface area contributed by atoms with E-state index in [0.29, 0.717) is 4.47 Å². The lowest BCUT2D eigenvalue weighted by Gasteiger charge is -2.11. The van der Waals surface area contributed by atoms with E-state index in [1.807, 2.05) is 0 Å². The summed E-state index contributed by atoms with van der Waals surface area (Å²) in [5.74, 6) is -1.12. The van der Waals surface area contributed by atoms with Gasteiger partial charge in [-0.1, -0.05) is 22.9 Å². The fraction of sp³-hybridized carbons (Fsp3) is 0.143. The van der Waals surface area contributed by atoms with Gasteiger partial charge in [-0.05, 0) is 35.9 Å². The number of pyridine rings is 1. The number of rotatable bonds is 3. The van der Waals surface area contributed by atoms with E-state index in [2.05, 4.69) is 20.9 Å². The molecule has 0 N–H and O–H groups in total. The molecule has 1 atom stereocenters. The van der Waals surface area contributed by atoms with Crippen molar-refractivity contribution in [1.29, 1.82) is 0 Å². The van der Waals surface area contributed by atoms with Gasteiger partial charge in [-0.2, -0.15) is 0 Å². The summed E-state index contributed by atoms with van der Waals surface area (Å²) in [6.45, 7) is 1.76. The van der Waals surface area contributed by atoms with Gasteiger partial charge in [0, 0.05) is 22.8 Å². The number of halogens is 2. The van der Waals surface area contributed by atoms with Gasteiger partial charge in [0.25, 0.3) is 0 Å². The maximum absolute atomic E-state index is 13.7. The highest BCUT2D eigenvalue weighted by atomic mass is 79.9. The predicted octanol–water partition coefficient (Wildman–Crippen LogP) is 3.97. The van der Waals surface area contributed by atoms with Crippen LogP contribution in [-0.2, 0) is 0 Å². The number of Topliss-reactive ketones (excluding diaryl/α,β-unsaturated/α-hetero) is 1. The number of carbonyl (C=O) groups is 1. The molecule has 0 saturated carbocycles. The van der Waals surface area contributed by atoms with Crippen molar-refractivity contribution in [3.05, 3.63) is 64.1 Å².